The number of terminal acetylenes is 1. The van der Waals surface area contributed by atoms with E-state index in [1.54, 1.807) is 6.92 Å². The second-order valence-electron chi connectivity index (χ2n) is 13.3. The van der Waals surface area contributed by atoms with Gasteiger partial charge in [-0.05, 0) is 69.3 Å². The number of phenolic OH excluding ortho intramolecular Hbond substituents is 1. The molecule has 248 valence electrons. The second kappa shape index (κ2) is 12.4. The number of pyridine rings is 1. The van der Waals surface area contributed by atoms with Crippen LogP contribution in [0.2, 0.25) is 0 Å². The molecule has 9 nitrogen and oxygen atoms in total. The average Bonchev–Trinajstić information content (AvgIpc) is 3.03. The molecular formula is C35H38F3N5O4. The van der Waals surface area contributed by atoms with Crippen LogP contribution in [0.5, 0.6) is 17.6 Å². The maximum Gasteiger partial charge on any atom is 0.319 e. The Balaban J connectivity index is 1.58. The van der Waals surface area contributed by atoms with E-state index >= 15 is 4.39 Å². The smallest absolute Gasteiger partial charge is 0.319 e. The number of aromatic nitrogens is 3. The molecule has 0 aliphatic carbocycles. The molecule has 0 amide bonds. The Morgan fingerprint density at radius 3 is 2.60 bits per heavy atom. The van der Waals surface area contributed by atoms with Crippen molar-refractivity contribution in [1.29, 1.82) is 0 Å². The van der Waals surface area contributed by atoms with Crippen molar-refractivity contribution in [2.75, 3.05) is 58.5 Å². The van der Waals surface area contributed by atoms with Crippen LogP contribution in [0.15, 0.2) is 24.3 Å². The Morgan fingerprint density at radius 1 is 1.11 bits per heavy atom. The lowest BCUT2D eigenvalue weighted by molar-refractivity contribution is 0.000292. The summed E-state index contributed by atoms with van der Waals surface area (Å²) in [6.07, 6.45) is 7.56. The molecule has 6 rings (SSSR count). The Bertz CT molecular complexity index is 1900. The number of fused-ring (bicyclic) bond motifs is 2. The van der Waals surface area contributed by atoms with Gasteiger partial charge in [0, 0.05) is 36.0 Å². The molecule has 3 atom stereocenters. The number of alkyl halides is 1. The van der Waals surface area contributed by atoms with Crippen molar-refractivity contribution >= 4 is 27.5 Å². The molecule has 1 unspecified atom stereocenters. The number of hydrogen-bond acceptors (Lipinski definition) is 9. The van der Waals surface area contributed by atoms with Crippen molar-refractivity contribution in [3.05, 3.63) is 41.5 Å². The molecule has 0 spiro atoms. The maximum atomic E-state index is 17.0. The van der Waals surface area contributed by atoms with Gasteiger partial charge in [-0.3, -0.25) is 4.39 Å². The van der Waals surface area contributed by atoms with Crippen LogP contribution < -0.4 is 14.4 Å². The fraction of sp³-hybridized carbons (Fsp3) is 0.457. The maximum absolute atomic E-state index is 17.0. The van der Waals surface area contributed by atoms with Crippen LogP contribution in [0.25, 0.3) is 32.9 Å². The van der Waals surface area contributed by atoms with E-state index in [1.165, 1.54) is 31.4 Å². The summed E-state index contributed by atoms with van der Waals surface area (Å²) in [7, 11) is 3.34. The van der Waals surface area contributed by atoms with E-state index < -0.39 is 29.3 Å². The molecule has 0 bridgehead atoms. The van der Waals surface area contributed by atoms with Crippen LogP contribution in [0, 0.1) is 35.3 Å². The number of likely N-dealkylation sites (tertiary alicyclic amines) is 1. The van der Waals surface area contributed by atoms with Gasteiger partial charge in [-0.15, -0.1) is 6.42 Å². The highest BCUT2D eigenvalue weighted by atomic mass is 19.1. The number of phenols is 1. The van der Waals surface area contributed by atoms with Crippen LogP contribution in [0.3, 0.4) is 0 Å². The minimum absolute atomic E-state index is 0.0309. The normalized spacial score (nSPS) is 23.6. The van der Waals surface area contributed by atoms with Gasteiger partial charge in [-0.2, -0.15) is 9.97 Å². The molecule has 2 fully saturated rings. The number of rotatable bonds is 7. The first-order chi connectivity index (χ1) is 22.4. The Hall–Kier alpha value is -4.34. The number of methoxy groups -OCH3 is 1. The number of anilines is 1. The van der Waals surface area contributed by atoms with Crippen molar-refractivity contribution in [3.63, 3.8) is 0 Å². The van der Waals surface area contributed by atoms with E-state index in [1.807, 2.05) is 18.9 Å². The predicted octanol–water partition coefficient (Wildman–Crippen LogP) is 5.48. The number of aromatic hydroxyl groups is 1. The van der Waals surface area contributed by atoms with Crippen molar-refractivity contribution < 1.29 is 32.9 Å². The summed E-state index contributed by atoms with van der Waals surface area (Å²) in [5.41, 5.74) is -2.16. The highest BCUT2D eigenvalue weighted by Crippen LogP contribution is 2.43. The number of benzene rings is 2. The summed E-state index contributed by atoms with van der Waals surface area (Å²) in [4.78, 5) is 17.7. The minimum Gasteiger partial charge on any atom is -0.508 e. The van der Waals surface area contributed by atoms with Gasteiger partial charge >= 0.3 is 6.01 Å². The number of ether oxygens (including phenoxy) is 2. The van der Waals surface area contributed by atoms with Gasteiger partial charge < -0.3 is 29.5 Å². The molecule has 2 aromatic heterocycles. The van der Waals surface area contributed by atoms with Crippen LogP contribution in [0.4, 0.5) is 19.0 Å². The standard InChI is InChI=1S/C35H38F3N5O4/c1-6-23-25(37)9-8-20-14-22(44)15-24(26(20)23)29-28(38)30-27(32(39-29)46-5)31(43-12-7-11-35(3,45)18-43)41-33(40-30)47-19-34(2)17-42(4)13-10-21(34)16-36/h1,8-9,14-15,21,44-45H,7,10-13,16-19H2,2-5H3/t21-,34+,35?/m1/s1. The zero-order valence-electron chi connectivity index (χ0n) is 26.9. The zero-order valence-corrected chi connectivity index (χ0v) is 26.9. The molecule has 2 saturated heterocycles. The summed E-state index contributed by atoms with van der Waals surface area (Å²) in [6, 6.07) is 5.14. The van der Waals surface area contributed by atoms with Crippen molar-refractivity contribution in [1.82, 2.24) is 19.9 Å². The topological polar surface area (TPSA) is 104 Å². The SMILES string of the molecule is C#Cc1c(F)ccc2cc(O)cc(-c3nc(OC)c4c(N5CCCC(C)(O)C5)nc(OC[C@]5(C)CN(C)CC[C@@H]5CF)nc4c3F)c12. The fourth-order valence-corrected chi connectivity index (χ4v) is 7.08. The van der Waals surface area contributed by atoms with Crippen molar-refractivity contribution in [3.8, 4) is 41.2 Å². The first-order valence-corrected chi connectivity index (χ1v) is 15.6. The Morgan fingerprint density at radius 2 is 1.89 bits per heavy atom. The third kappa shape index (κ3) is 5.98. The Labute approximate surface area is 271 Å². The third-order valence-corrected chi connectivity index (χ3v) is 9.52. The molecule has 12 heteroatoms. The van der Waals surface area contributed by atoms with Crippen LogP contribution in [0.1, 0.15) is 38.7 Å². The number of β-amino-alcohol motifs (C(OH)–C–C–N with tert-alkyl or cyclic N) is 1. The van der Waals surface area contributed by atoms with Gasteiger partial charge in [-0.1, -0.05) is 18.9 Å². The third-order valence-electron chi connectivity index (χ3n) is 9.52. The first kappa shape index (κ1) is 32.6. The average molecular weight is 650 g/mol. The molecular weight excluding hydrogens is 611 g/mol. The highest BCUT2D eigenvalue weighted by molar-refractivity contribution is 6.04. The highest BCUT2D eigenvalue weighted by Gasteiger charge is 2.40. The van der Waals surface area contributed by atoms with Gasteiger partial charge in [0.1, 0.15) is 34.0 Å². The van der Waals surface area contributed by atoms with Gasteiger partial charge in [0.05, 0.1) is 31.6 Å². The molecule has 4 heterocycles. The first-order valence-electron chi connectivity index (χ1n) is 15.6. The van der Waals surface area contributed by atoms with E-state index in [0.29, 0.717) is 37.7 Å². The number of halogens is 3. The fourth-order valence-electron chi connectivity index (χ4n) is 7.08. The van der Waals surface area contributed by atoms with Crippen molar-refractivity contribution in [2.45, 2.75) is 38.7 Å². The molecule has 0 saturated carbocycles. The van der Waals surface area contributed by atoms with Crippen molar-refractivity contribution in [2.24, 2.45) is 11.3 Å². The number of aliphatic hydroxyl groups is 1. The Kier molecular flexibility index (Phi) is 8.57. The lowest BCUT2D eigenvalue weighted by Crippen LogP contribution is -2.49. The molecule has 2 aliphatic heterocycles. The van der Waals surface area contributed by atoms with E-state index in [-0.39, 0.29) is 75.6 Å². The van der Waals surface area contributed by atoms with E-state index in [2.05, 4.69) is 20.8 Å². The van der Waals surface area contributed by atoms with E-state index in [0.717, 1.165) is 6.54 Å². The molecule has 2 aliphatic rings. The van der Waals surface area contributed by atoms with E-state index in [4.69, 9.17) is 20.9 Å². The molecule has 2 N–H and O–H groups in total. The predicted molar refractivity (Wildman–Crippen MR) is 174 cm³/mol. The van der Waals surface area contributed by atoms with Crippen LogP contribution in [-0.4, -0.2) is 89.3 Å². The van der Waals surface area contributed by atoms with Crippen LogP contribution >= 0.6 is 0 Å². The zero-order chi connectivity index (χ0) is 33.7. The number of hydrogen-bond donors (Lipinski definition) is 2. The van der Waals surface area contributed by atoms with Gasteiger partial charge in [-0.25, -0.2) is 13.8 Å². The summed E-state index contributed by atoms with van der Waals surface area (Å²) in [6.45, 7) is 5.31. The van der Waals surface area contributed by atoms with Gasteiger partial charge in [0.25, 0.3) is 0 Å². The summed E-state index contributed by atoms with van der Waals surface area (Å²) < 4.78 is 57.9. The number of nitrogens with zero attached hydrogens (tertiary/aromatic N) is 5. The molecule has 47 heavy (non-hydrogen) atoms. The minimum atomic E-state index is -1.04. The summed E-state index contributed by atoms with van der Waals surface area (Å²) >= 11 is 0. The summed E-state index contributed by atoms with van der Waals surface area (Å²) in [5.74, 6) is 0.522. The lowest BCUT2D eigenvalue weighted by Gasteiger charge is -2.43. The number of piperidine rings is 2. The monoisotopic (exact) mass is 649 g/mol. The largest absolute Gasteiger partial charge is 0.508 e. The summed E-state index contributed by atoms with van der Waals surface area (Å²) in [5, 5.41) is 22.3. The molecule has 0 radical (unpaired) electrons. The van der Waals surface area contributed by atoms with Crippen LogP contribution in [-0.2, 0) is 0 Å². The van der Waals surface area contributed by atoms with E-state index in [9.17, 15) is 19.0 Å². The quantitative estimate of drug-likeness (QED) is 0.252. The molecule has 2 aromatic carbocycles. The van der Waals surface area contributed by atoms with Gasteiger partial charge in [0.2, 0.25) is 5.88 Å². The molecule has 4 aromatic rings. The lowest BCUT2D eigenvalue weighted by atomic mass is 9.73. The van der Waals surface area contributed by atoms with Gasteiger partial charge in [0.15, 0.2) is 5.82 Å². The second-order valence-corrected chi connectivity index (χ2v) is 13.3.